The van der Waals surface area contributed by atoms with E-state index in [2.05, 4.69) is 17.0 Å². The van der Waals surface area contributed by atoms with Gasteiger partial charge in [-0.05, 0) is 25.2 Å². The molecule has 0 bridgehead atoms. The average molecular weight is 157 g/mol. The maximum absolute atomic E-state index is 10.7. The summed E-state index contributed by atoms with van der Waals surface area (Å²) in [5.74, 6) is 0.747. The van der Waals surface area contributed by atoms with Gasteiger partial charge in [-0.15, -0.1) is 0 Å². The minimum atomic E-state index is -0.302. The molecule has 1 rings (SSSR count). The summed E-state index contributed by atoms with van der Waals surface area (Å²) in [5.41, 5.74) is 0. The normalized spacial score (nSPS) is 30.0. The lowest BCUT2D eigenvalue weighted by molar-refractivity contribution is 0.166. The molecule has 0 spiro atoms. The molecule has 0 aromatic carbocycles. The van der Waals surface area contributed by atoms with Crippen molar-refractivity contribution in [2.24, 2.45) is 5.92 Å². The molecule has 3 heteroatoms. The summed E-state index contributed by atoms with van der Waals surface area (Å²) in [5, 5.41) is 2.80. The Morgan fingerprint density at radius 2 is 2.27 bits per heavy atom. The van der Waals surface area contributed by atoms with E-state index in [1.807, 2.05) is 0 Å². The van der Waals surface area contributed by atoms with Crippen LogP contribution in [-0.2, 0) is 4.74 Å². The monoisotopic (exact) mass is 157 g/mol. The number of hydrogen-bond acceptors (Lipinski definition) is 2. The van der Waals surface area contributed by atoms with E-state index in [9.17, 15) is 4.79 Å². The van der Waals surface area contributed by atoms with Crippen molar-refractivity contribution in [1.29, 1.82) is 0 Å². The van der Waals surface area contributed by atoms with Crippen LogP contribution in [0.3, 0.4) is 0 Å². The molecule has 11 heavy (non-hydrogen) atoms. The van der Waals surface area contributed by atoms with Gasteiger partial charge in [0.1, 0.15) is 0 Å². The fourth-order valence-corrected chi connectivity index (χ4v) is 1.56. The third kappa shape index (κ3) is 2.41. The van der Waals surface area contributed by atoms with Gasteiger partial charge in [-0.2, -0.15) is 0 Å². The van der Waals surface area contributed by atoms with E-state index in [-0.39, 0.29) is 6.09 Å². The summed E-state index contributed by atoms with van der Waals surface area (Å²) < 4.78 is 4.50. The van der Waals surface area contributed by atoms with E-state index in [4.69, 9.17) is 0 Å². The first kappa shape index (κ1) is 8.37. The van der Waals surface area contributed by atoms with E-state index >= 15 is 0 Å². The fraction of sp³-hybridized carbons (Fsp3) is 0.875. The van der Waals surface area contributed by atoms with Gasteiger partial charge in [0.05, 0.1) is 7.11 Å². The van der Waals surface area contributed by atoms with Gasteiger partial charge in [-0.3, -0.25) is 0 Å². The van der Waals surface area contributed by atoms with Crippen LogP contribution in [0, 0.1) is 5.92 Å². The predicted molar refractivity (Wildman–Crippen MR) is 42.3 cm³/mol. The van der Waals surface area contributed by atoms with Crippen LogP contribution < -0.4 is 5.32 Å². The number of alkyl carbamates (subject to hydrolysis) is 1. The molecule has 1 fully saturated rings. The summed E-state index contributed by atoms with van der Waals surface area (Å²) in [6, 6.07) is 0.345. The Kier molecular flexibility index (Phi) is 2.74. The molecule has 0 heterocycles. The number of carbonyl (C=O) groups excluding carboxylic acids is 1. The predicted octanol–water partition coefficient (Wildman–Crippen LogP) is 1.53. The van der Waals surface area contributed by atoms with E-state index < -0.39 is 0 Å². The molecule has 1 saturated carbocycles. The highest BCUT2D eigenvalue weighted by atomic mass is 16.5. The zero-order chi connectivity index (χ0) is 8.27. The molecule has 1 N–H and O–H groups in total. The molecule has 0 aromatic rings. The van der Waals surface area contributed by atoms with Crippen LogP contribution in [0.25, 0.3) is 0 Å². The highest BCUT2D eigenvalue weighted by Gasteiger charge is 2.22. The van der Waals surface area contributed by atoms with Gasteiger partial charge in [0.2, 0.25) is 0 Å². The Morgan fingerprint density at radius 3 is 2.73 bits per heavy atom. The van der Waals surface area contributed by atoms with Gasteiger partial charge in [0.25, 0.3) is 0 Å². The SMILES string of the molecule is COC(=O)N[C@@H]1CC[C@H](C)C1. The molecule has 0 aromatic heterocycles. The van der Waals surface area contributed by atoms with E-state index in [0.29, 0.717) is 6.04 Å². The van der Waals surface area contributed by atoms with Crippen molar-refractivity contribution in [1.82, 2.24) is 5.32 Å². The maximum atomic E-state index is 10.7. The molecule has 2 atom stereocenters. The fourth-order valence-electron chi connectivity index (χ4n) is 1.56. The van der Waals surface area contributed by atoms with Crippen molar-refractivity contribution >= 4 is 6.09 Å². The van der Waals surface area contributed by atoms with Gasteiger partial charge in [-0.1, -0.05) is 6.92 Å². The first-order chi connectivity index (χ1) is 5.22. The Bertz CT molecular complexity index is 147. The molecule has 0 unspecified atom stereocenters. The Hall–Kier alpha value is -0.730. The van der Waals surface area contributed by atoms with Crippen molar-refractivity contribution in [3.63, 3.8) is 0 Å². The number of ether oxygens (including phenoxy) is 1. The molecule has 1 aliphatic rings. The van der Waals surface area contributed by atoms with Gasteiger partial charge in [0, 0.05) is 6.04 Å². The number of rotatable bonds is 1. The standard InChI is InChI=1S/C8H15NO2/c1-6-3-4-7(5-6)9-8(10)11-2/h6-7H,3-5H2,1-2H3,(H,9,10)/t6-,7+/m0/s1. The second-order valence-corrected chi connectivity index (χ2v) is 3.25. The zero-order valence-electron chi connectivity index (χ0n) is 7.09. The lowest BCUT2D eigenvalue weighted by atomic mass is 10.1. The van der Waals surface area contributed by atoms with Crippen molar-refractivity contribution in [3.05, 3.63) is 0 Å². The Labute approximate surface area is 67.1 Å². The molecule has 0 radical (unpaired) electrons. The second-order valence-electron chi connectivity index (χ2n) is 3.25. The average Bonchev–Trinajstić information content (AvgIpc) is 2.35. The number of hydrogen-bond donors (Lipinski definition) is 1. The third-order valence-electron chi connectivity index (χ3n) is 2.20. The van der Waals surface area contributed by atoms with E-state index in [1.54, 1.807) is 0 Å². The van der Waals surface area contributed by atoms with Crippen LogP contribution in [0.5, 0.6) is 0 Å². The van der Waals surface area contributed by atoms with Crippen LogP contribution in [-0.4, -0.2) is 19.2 Å². The maximum Gasteiger partial charge on any atom is 0.407 e. The summed E-state index contributed by atoms with van der Waals surface area (Å²) in [6.07, 6.45) is 3.10. The van der Waals surface area contributed by atoms with Gasteiger partial charge in [0.15, 0.2) is 0 Å². The molecule has 0 aliphatic heterocycles. The zero-order valence-corrected chi connectivity index (χ0v) is 7.09. The van der Waals surface area contributed by atoms with Crippen molar-refractivity contribution in [2.45, 2.75) is 32.2 Å². The molecule has 64 valence electrons. The van der Waals surface area contributed by atoms with Crippen molar-refractivity contribution < 1.29 is 9.53 Å². The Balaban J connectivity index is 2.23. The quantitative estimate of drug-likeness (QED) is 0.627. The van der Waals surface area contributed by atoms with Crippen molar-refractivity contribution in [3.8, 4) is 0 Å². The number of methoxy groups -OCH3 is 1. The van der Waals surface area contributed by atoms with Crippen LogP contribution in [0.1, 0.15) is 26.2 Å². The van der Waals surface area contributed by atoms with Crippen LogP contribution in [0.2, 0.25) is 0 Å². The molecule has 0 saturated heterocycles. The first-order valence-electron chi connectivity index (χ1n) is 4.07. The largest absolute Gasteiger partial charge is 0.453 e. The molecule has 1 aliphatic carbocycles. The lowest BCUT2D eigenvalue weighted by Crippen LogP contribution is -2.32. The van der Waals surface area contributed by atoms with Gasteiger partial charge < -0.3 is 10.1 Å². The van der Waals surface area contributed by atoms with Gasteiger partial charge >= 0.3 is 6.09 Å². The molecule has 3 nitrogen and oxygen atoms in total. The first-order valence-corrected chi connectivity index (χ1v) is 4.07. The summed E-state index contributed by atoms with van der Waals surface area (Å²) in [6.45, 7) is 2.21. The topological polar surface area (TPSA) is 38.3 Å². The highest BCUT2D eigenvalue weighted by molar-refractivity contribution is 5.67. The molecular weight excluding hydrogens is 142 g/mol. The van der Waals surface area contributed by atoms with E-state index in [1.165, 1.54) is 13.5 Å². The lowest BCUT2D eigenvalue weighted by Gasteiger charge is -2.10. The Morgan fingerprint density at radius 1 is 1.55 bits per heavy atom. The summed E-state index contributed by atoms with van der Waals surface area (Å²) in [4.78, 5) is 10.7. The van der Waals surface area contributed by atoms with Crippen LogP contribution >= 0.6 is 0 Å². The van der Waals surface area contributed by atoms with E-state index in [0.717, 1.165) is 18.8 Å². The highest BCUT2D eigenvalue weighted by Crippen LogP contribution is 2.24. The number of nitrogens with one attached hydrogen (secondary N) is 1. The minimum absolute atomic E-state index is 0.302. The number of amides is 1. The van der Waals surface area contributed by atoms with Crippen LogP contribution in [0.15, 0.2) is 0 Å². The third-order valence-corrected chi connectivity index (χ3v) is 2.20. The summed E-state index contributed by atoms with van der Waals surface area (Å²) in [7, 11) is 1.40. The molecular formula is C8H15NO2. The van der Waals surface area contributed by atoms with Gasteiger partial charge in [-0.25, -0.2) is 4.79 Å². The summed E-state index contributed by atoms with van der Waals surface area (Å²) >= 11 is 0. The van der Waals surface area contributed by atoms with Crippen molar-refractivity contribution in [2.75, 3.05) is 7.11 Å². The second kappa shape index (κ2) is 3.60. The number of carbonyl (C=O) groups is 1. The van der Waals surface area contributed by atoms with Crippen LogP contribution in [0.4, 0.5) is 4.79 Å². The smallest absolute Gasteiger partial charge is 0.407 e. The minimum Gasteiger partial charge on any atom is -0.453 e. The molecule has 1 amide bonds.